The molecule has 204 valence electrons. The number of ether oxygens (including phenoxy) is 4. The van der Waals surface area contributed by atoms with E-state index in [1.54, 1.807) is 22.9 Å². The summed E-state index contributed by atoms with van der Waals surface area (Å²) in [5.41, 5.74) is 1.31. The number of methoxy groups -OCH3 is 1. The molecule has 2 aromatic carbocycles. The fourth-order valence-corrected chi connectivity index (χ4v) is 5.81. The lowest BCUT2D eigenvalue weighted by Gasteiger charge is -2.18. The smallest absolute Gasteiger partial charge is 0.311 e. The van der Waals surface area contributed by atoms with Crippen LogP contribution in [0.15, 0.2) is 35.3 Å². The van der Waals surface area contributed by atoms with Gasteiger partial charge in [0, 0.05) is 47.9 Å². The molecule has 9 heteroatoms. The Morgan fingerprint density at radius 2 is 1.77 bits per heavy atom. The average molecular weight is 532 g/mol. The van der Waals surface area contributed by atoms with Crippen LogP contribution in [0.25, 0.3) is 32.6 Å². The number of rotatable bonds is 8. The first-order chi connectivity index (χ1) is 18.9. The molecule has 0 N–H and O–H groups in total. The second-order valence-electron chi connectivity index (χ2n) is 10.7. The number of esters is 1. The van der Waals surface area contributed by atoms with Gasteiger partial charge in [-0.2, -0.15) is 0 Å². The molecule has 6 rings (SSSR count). The van der Waals surface area contributed by atoms with Crippen molar-refractivity contribution in [3.05, 3.63) is 40.8 Å². The number of likely N-dealkylation sites (N-methyl/N-ethyl adjacent to an activating group) is 1. The highest BCUT2D eigenvalue weighted by atomic mass is 16.7. The molecule has 0 radical (unpaired) electrons. The summed E-state index contributed by atoms with van der Waals surface area (Å²) in [5, 5.41) is 2.73. The van der Waals surface area contributed by atoms with E-state index in [1.807, 2.05) is 31.1 Å². The SMILES string of the molecule is COc1cc2c(cc1OC(=O)CCC1CCCC1)c(=O)n(CCN(C)C)c1c3cc4c(cc3ncc21)OCO4. The standard InChI is InChI=1S/C30H33N3O6/c1-32(2)10-11-33-29-21-14-25-26(38-17-37-25)15-23(21)31-16-22(29)19-12-24(36-3)27(13-20(19)30(33)35)39-28(34)9-8-18-6-4-5-7-18/h12-16,18H,4-11,17H2,1-3H3. The Hall–Kier alpha value is -3.85. The summed E-state index contributed by atoms with van der Waals surface area (Å²) >= 11 is 0. The van der Waals surface area contributed by atoms with E-state index >= 15 is 0 Å². The van der Waals surface area contributed by atoms with Crippen LogP contribution in [0.5, 0.6) is 23.0 Å². The molecule has 1 saturated carbocycles. The highest BCUT2D eigenvalue weighted by Crippen LogP contribution is 2.40. The second-order valence-corrected chi connectivity index (χ2v) is 10.7. The molecule has 3 heterocycles. The van der Waals surface area contributed by atoms with Gasteiger partial charge >= 0.3 is 5.97 Å². The zero-order chi connectivity index (χ0) is 27.1. The molecular formula is C30H33N3O6. The molecule has 1 fully saturated rings. The quantitative estimate of drug-likeness (QED) is 0.181. The summed E-state index contributed by atoms with van der Waals surface area (Å²) in [4.78, 5) is 33.5. The fourth-order valence-electron chi connectivity index (χ4n) is 5.81. The summed E-state index contributed by atoms with van der Waals surface area (Å²) in [6, 6.07) is 7.15. The van der Waals surface area contributed by atoms with Crippen LogP contribution in [0.3, 0.4) is 0 Å². The number of fused-ring (bicyclic) bond motifs is 6. The van der Waals surface area contributed by atoms with E-state index in [4.69, 9.17) is 23.9 Å². The Morgan fingerprint density at radius 1 is 1.03 bits per heavy atom. The number of nitrogens with zero attached hydrogens (tertiary/aromatic N) is 3. The number of carbonyl (C=O) groups is 1. The lowest BCUT2D eigenvalue weighted by Crippen LogP contribution is -2.27. The van der Waals surface area contributed by atoms with Crippen molar-refractivity contribution in [3.8, 4) is 23.0 Å². The monoisotopic (exact) mass is 531 g/mol. The predicted molar refractivity (Wildman–Crippen MR) is 149 cm³/mol. The van der Waals surface area contributed by atoms with Crippen LogP contribution in [0.2, 0.25) is 0 Å². The van der Waals surface area contributed by atoms with Gasteiger partial charge in [-0.1, -0.05) is 25.7 Å². The molecular weight excluding hydrogens is 498 g/mol. The van der Waals surface area contributed by atoms with Crippen LogP contribution in [-0.4, -0.2) is 55.0 Å². The minimum Gasteiger partial charge on any atom is -0.493 e. The lowest BCUT2D eigenvalue weighted by molar-refractivity contribution is -0.134. The summed E-state index contributed by atoms with van der Waals surface area (Å²) < 4.78 is 24.4. The normalized spacial score (nSPS) is 15.2. The molecule has 0 bridgehead atoms. The zero-order valence-electron chi connectivity index (χ0n) is 22.6. The third-order valence-corrected chi connectivity index (χ3v) is 7.90. The first kappa shape index (κ1) is 25.4. The van der Waals surface area contributed by atoms with Gasteiger partial charge in [0.15, 0.2) is 23.0 Å². The zero-order valence-corrected chi connectivity index (χ0v) is 22.6. The largest absolute Gasteiger partial charge is 0.493 e. The molecule has 4 aromatic rings. The Labute approximate surface area is 226 Å². The van der Waals surface area contributed by atoms with E-state index in [0.29, 0.717) is 59.0 Å². The van der Waals surface area contributed by atoms with Gasteiger partial charge in [-0.05, 0) is 44.6 Å². The van der Waals surface area contributed by atoms with Crippen molar-refractivity contribution in [3.63, 3.8) is 0 Å². The Bertz CT molecular complexity index is 1640. The molecule has 0 atom stereocenters. The van der Waals surface area contributed by atoms with Gasteiger partial charge in [-0.3, -0.25) is 14.6 Å². The van der Waals surface area contributed by atoms with Gasteiger partial charge in [0.05, 0.1) is 23.5 Å². The minimum atomic E-state index is -0.308. The van der Waals surface area contributed by atoms with Crippen molar-refractivity contribution in [1.29, 1.82) is 0 Å². The highest BCUT2D eigenvalue weighted by Gasteiger charge is 2.22. The molecule has 0 amide bonds. The molecule has 0 saturated heterocycles. The van der Waals surface area contributed by atoms with Crippen LogP contribution in [0.1, 0.15) is 38.5 Å². The van der Waals surface area contributed by atoms with E-state index in [9.17, 15) is 9.59 Å². The number of hydrogen-bond acceptors (Lipinski definition) is 8. The van der Waals surface area contributed by atoms with Crippen LogP contribution in [0, 0.1) is 5.92 Å². The molecule has 1 aliphatic carbocycles. The molecule has 0 unspecified atom stereocenters. The minimum absolute atomic E-state index is 0.152. The lowest BCUT2D eigenvalue weighted by atomic mass is 10.0. The molecule has 39 heavy (non-hydrogen) atoms. The van der Waals surface area contributed by atoms with Gasteiger partial charge in [-0.15, -0.1) is 0 Å². The number of aromatic nitrogens is 2. The topological polar surface area (TPSA) is 92.1 Å². The number of benzene rings is 2. The molecule has 1 aliphatic heterocycles. The van der Waals surface area contributed by atoms with Crippen molar-refractivity contribution in [1.82, 2.24) is 14.5 Å². The molecule has 9 nitrogen and oxygen atoms in total. The first-order valence-electron chi connectivity index (χ1n) is 13.5. The Kier molecular flexibility index (Phi) is 6.76. The van der Waals surface area contributed by atoms with Gasteiger partial charge < -0.3 is 28.4 Å². The number of pyridine rings is 2. The summed E-state index contributed by atoms with van der Waals surface area (Å²) in [6.07, 6.45) is 7.78. The molecule has 0 spiro atoms. The molecule has 2 aromatic heterocycles. The summed E-state index contributed by atoms with van der Waals surface area (Å²) in [6.45, 7) is 1.28. The van der Waals surface area contributed by atoms with E-state index in [0.717, 1.165) is 22.7 Å². The highest BCUT2D eigenvalue weighted by molar-refractivity contribution is 6.15. The predicted octanol–water partition coefficient (Wildman–Crippen LogP) is 4.88. The fraction of sp³-hybridized carbons (Fsp3) is 0.433. The van der Waals surface area contributed by atoms with Crippen molar-refractivity contribution in [2.24, 2.45) is 5.92 Å². The van der Waals surface area contributed by atoms with E-state index in [-0.39, 0.29) is 24.1 Å². The maximum atomic E-state index is 14.1. The van der Waals surface area contributed by atoms with E-state index in [2.05, 4.69) is 0 Å². The Balaban J connectivity index is 1.50. The van der Waals surface area contributed by atoms with Gasteiger partial charge in [-0.25, -0.2) is 0 Å². The van der Waals surface area contributed by atoms with Gasteiger partial charge in [0.1, 0.15) is 0 Å². The Morgan fingerprint density at radius 3 is 2.51 bits per heavy atom. The number of hydrogen-bond donors (Lipinski definition) is 0. The maximum Gasteiger partial charge on any atom is 0.311 e. The van der Waals surface area contributed by atoms with Crippen LogP contribution < -0.4 is 24.5 Å². The number of carbonyl (C=O) groups excluding carboxylic acids is 1. The first-order valence-corrected chi connectivity index (χ1v) is 13.5. The van der Waals surface area contributed by atoms with Crippen LogP contribution in [-0.2, 0) is 11.3 Å². The summed E-state index contributed by atoms with van der Waals surface area (Å²) in [5.74, 6) is 2.20. The summed E-state index contributed by atoms with van der Waals surface area (Å²) in [7, 11) is 5.48. The van der Waals surface area contributed by atoms with Crippen LogP contribution in [0.4, 0.5) is 0 Å². The van der Waals surface area contributed by atoms with E-state index in [1.165, 1.54) is 32.8 Å². The average Bonchev–Trinajstić information content (AvgIpc) is 3.62. The van der Waals surface area contributed by atoms with Gasteiger partial charge in [0.2, 0.25) is 6.79 Å². The maximum absolute atomic E-state index is 14.1. The van der Waals surface area contributed by atoms with Crippen molar-refractivity contribution in [2.45, 2.75) is 45.1 Å². The third-order valence-electron chi connectivity index (χ3n) is 7.90. The molecule has 2 aliphatic rings. The van der Waals surface area contributed by atoms with Crippen molar-refractivity contribution < 1.29 is 23.7 Å². The van der Waals surface area contributed by atoms with Gasteiger partial charge in [0.25, 0.3) is 5.56 Å². The van der Waals surface area contributed by atoms with Crippen molar-refractivity contribution in [2.75, 3.05) is 34.5 Å². The van der Waals surface area contributed by atoms with Crippen LogP contribution >= 0.6 is 0 Å². The van der Waals surface area contributed by atoms with Crippen molar-refractivity contribution >= 4 is 38.5 Å². The second kappa shape index (κ2) is 10.4. The van der Waals surface area contributed by atoms with E-state index < -0.39 is 0 Å². The third kappa shape index (κ3) is 4.76.